The molecule has 2 rings (SSSR count). The number of carbonyl (C=O) groups excluding carboxylic acids is 1. The molecule has 1 amide bonds. The summed E-state index contributed by atoms with van der Waals surface area (Å²) in [4.78, 5) is 18.8. The van der Waals surface area contributed by atoms with Gasteiger partial charge in [0, 0.05) is 23.8 Å². The topological polar surface area (TPSA) is 38.1 Å². The van der Waals surface area contributed by atoms with Crippen LogP contribution in [0.2, 0.25) is 4.34 Å². The highest BCUT2D eigenvalue weighted by molar-refractivity contribution is 7.16. The van der Waals surface area contributed by atoms with Crippen molar-refractivity contribution in [2.75, 3.05) is 6.54 Å². The number of nitrogens with zero attached hydrogens (tertiary/aromatic N) is 3. The second kappa shape index (κ2) is 5.33. The van der Waals surface area contributed by atoms with Crippen LogP contribution in [0.1, 0.15) is 11.8 Å². The zero-order valence-corrected chi connectivity index (χ0v) is 10.9. The molecule has 0 spiro atoms. The van der Waals surface area contributed by atoms with Gasteiger partial charge in [0.2, 0.25) is 0 Å². The van der Waals surface area contributed by atoms with Gasteiger partial charge in [0.25, 0.3) is 0 Å². The summed E-state index contributed by atoms with van der Waals surface area (Å²) in [5.41, 5.74) is 0. The van der Waals surface area contributed by atoms with Gasteiger partial charge in [0.1, 0.15) is 6.33 Å². The number of thiophene rings is 1. The molecule has 2 heterocycles. The Morgan fingerprint density at radius 3 is 2.94 bits per heavy atom. The molecule has 6 heteroatoms. The zero-order chi connectivity index (χ0) is 12.3. The Morgan fingerprint density at radius 1 is 1.59 bits per heavy atom. The van der Waals surface area contributed by atoms with Crippen LogP contribution < -0.4 is 0 Å². The Labute approximate surface area is 108 Å². The van der Waals surface area contributed by atoms with E-state index in [-0.39, 0.29) is 6.03 Å². The van der Waals surface area contributed by atoms with Crippen molar-refractivity contribution in [1.29, 1.82) is 0 Å². The van der Waals surface area contributed by atoms with Crippen LogP contribution in [0.25, 0.3) is 0 Å². The molecule has 0 saturated heterocycles. The lowest BCUT2D eigenvalue weighted by Crippen LogP contribution is -2.33. The highest BCUT2D eigenvalue weighted by Crippen LogP contribution is 2.22. The molecule has 0 N–H and O–H groups in total. The lowest BCUT2D eigenvalue weighted by molar-refractivity contribution is 0.200. The van der Waals surface area contributed by atoms with Gasteiger partial charge in [-0.1, -0.05) is 11.6 Å². The van der Waals surface area contributed by atoms with E-state index in [1.165, 1.54) is 22.2 Å². The number of imidazole rings is 1. The maximum absolute atomic E-state index is 12.1. The van der Waals surface area contributed by atoms with Crippen molar-refractivity contribution in [3.63, 3.8) is 0 Å². The van der Waals surface area contributed by atoms with Gasteiger partial charge in [-0.05, 0) is 19.1 Å². The fourth-order valence-corrected chi connectivity index (χ4v) is 2.58. The third-order valence-corrected chi connectivity index (χ3v) is 3.57. The third kappa shape index (κ3) is 2.87. The normalized spacial score (nSPS) is 10.5. The van der Waals surface area contributed by atoms with E-state index in [0.29, 0.717) is 13.1 Å². The molecule has 0 aliphatic carbocycles. The number of halogens is 1. The van der Waals surface area contributed by atoms with Crippen LogP contribution in [0.15, 0.2) is 30.9 Å². The van der Waals surface area contributed by atoms with Crippen LogP contribution in [-0.4, -0.2) is 27.0 Å². The molecule has 0 fully saturated rings. The molecule has 0 unspecified atom stereocenters. The number of hydrogen-bond donors (Lipinski definition) is 0. The maximum atomic E-state index is 12.1. The van der Waals surface area contributed by atoms with Crippen molar-refractivity contribution in [1.82, 2.24) is 14.5 Å². The minimum atomic E-state index is -0.0745. The molecule has 17 heavy (non-hydrogen) atoms. The SMILES string of the molecule is CCN(Cc1ccc(Cl)s1)C(=O)n1ccnc1. The quantitative estimate of drug-likeness (QED) is 0.859. The first kappa shape index (κ1) is 12.1. The van der Waals surface area contributed by atoms with E-state index in [4.69, 9.17) is 11.6 Å². The van der Waals surface area contributed by atoms with Gasteiger partial charge in [0.05, 0.1) is 10.9 Å². The molecule has 2 aromatic heterocycles. The van der Waals surface area contributed by atoms with Crippen LogP contribution in [0, 0.1) is 0 Å². The number of carbonyl (C=O) groups is 1. The average Bonchev–Trinajstić information content (AvgIpc) is 2.96. The van der Waals surface area contributed by atoms with Crippen molar-refractivity contribution in [2.45, 2.75) is 13.5 Å². The average molecular weight is 270 g/mol. The minimum absolute atomic E-state index is 0.0745. The molecule has 2 aromatic rings. The number of hydrogen-bond acceptors (Lipinski definition) is 3. The summed E-state index contributed by atoms with van der Waals surface area (Å²) >= 11 is 7.36. The maximum Gasteiger partial charge on any atom is 0.329 e. The van der Waals surface area contributed by atoms with Crippen molar-refractivity contribution < 1.29 is 4.79 Å². The summed E-state index contributed by atoms with van der Waals surface area (Å²) in [5.74, 6) is 0. The van der Waals surface area contributed by atoms with E-state index >= 15 is 0 Å². The summed E-state index contributed by atoms with van der Waals surface area (Å²) in [7, 11) is 0. The number of rotatable bonds is 3. The van der Waals surface area contributed by atoms with Crippen molar-refractivity contribution >= 4 is 29.0 Å². The largest absolute Gasteiger partial charge is 0.329 e. The van der Waals surface area contributed by atoms with Crippen LogP contribution in [-0.2, 0) is 6.54 Å². The van der Waals surface area contributed by atoms with Crippen molar-refractivity contribution in [3.05, 3.63) is 40.1 Å². The van der Waals surface area contributed by atoms with Crippen molar-refractivity contribution in [3.8, 4) is 0 Å². The Kier molecular flexibility index (Phi) is 3.81. The van der Waals surface area contributed by atoms with Crippen LogP contribution >= 0.6 is 22.9 Å². The first-order valence-electron chi connectivity index (χ1n) is 5.22. The summed E-state index contributed by atoms with van der Waals surface area (Å²) in [6.45, 7) is 3.17. The molecule has 0 saturated carbocycles. The van der Waals surface area contributed by atoms with Crippen molar-refractivity contribution in [2.24, 2.45) is 0 Å². The van der Waals surface area contributed by atoms with Crippen LogP contribution in [0.4, 0.5) is 4.79 Å². The molecule has 0 bridgehead atoms. The van der Waals surface area contributed by atoms with Crippen LogP contribution in [0.3, 0.4) is 0 Å². The van der Waals surface area contributed by atoms with E-state index in [1.54, 1.807) is 17.3 Å². The smallest absolute Gasteiger partial charge is 0.319 e. The Bertz CT molecular complexity index is 495. The lowest BCUT2D eigenvalue weighted by atomic mass is 10.4. The lowest BCUT2D eigenvalue weighted by Gasteiger charge is -2.19. The van der Waals surface area contributed by atoms with E-state index in [0.717, 1.165) is 9.21 Å². The van der Waals surface area contributed by atoms with E-state index in [2.05, 4.69) is 4.98 Å². The summed E-state index contributed by atoms with van der Waals surface area (Å²) in [5, 5.41) is 0. The Hall–Kier alpha value is -1.33. The van der Waals surface area contributed by atoms with Gasteiger partial charge in [-0.15, -0.1) is 11.3 Å². The highest BCUT2D eigenvalue weighted by atomic mass is 35.5. The van der Waals surface area contributed by atoms with E-state index in [9.17, 15) is 4.79 Å². The Morgan fingerprint density at radius 2 is 2.41 bits per heavy atom. The second-order valence-electron chi connectivity index (χ2n) is 3.47. The number of aromatic nitrogens is 2. The highest BCUT2D eigenvalue weighted by Gasteiger charge is 2.14. The molecule has 90 valence electrons. The Balaban J connectivity index is 2.09. The summed E-state index contributed by atoms with van der Waals surface area (Å²) in [6.07, 6.45) is 4.74. The molecule has 0 atom stereocenters. The van der Waals surface area contributed by atoms with Gasteiger partial charge < -0.3 is 4.90 Å². The predicted molar refractivity (Wildman–Crippen MR) is 68.4 cm³/mol. The molecule has 0 aliphatic rings. The van der Waals surface area contributed by atoms with Gasteiger partial charge in [-0.3, -0.25) is 4.57 Å². The first-order valence-corrected chi connectivity index (χ1v) is 6.41. The fourth-order valence-electron chi connectivity index (χ4n) is 1.48. The van der Waals surface area contributed by atoms with Gasteiger partial charge in [-0.2, -0.15) is 0 Å². The molecular formula is C11H12ClN3OS. The second-order valence-corrected chi connectivity index (χ2v) is 5.27. The standard InChI is InChI=1S/C11H12ClN3OS/c1-2-14(7-9-3-4-10(12)17-9)11(16)15-6-5-13-8-15/h3-6,8H,2,7H2,1H3. The molecule has 0 aromatic carbocycles. The molecular weight excluding hydrogens is 258 g/mol. The van der Waals surface area contributed by atoms with Gasteiger partial charge >= 0.3 is 6.03 Å². The fraction of sp³-hybridized carbons (Fsp3) is 0.273. The van der Waals surface area contributed by atoms with Crippen LogP contribution in [0.5, 0.6) is 0 Å². The number of amides is 1. The zero-order valence-electron chi connectivity index (χ0n) is 9.34. The van der Waals surface area contributed by atoms with Gasteiger partial charge in [0.15, 0.2) is 0 Å². The monoisotopic (exact) mass is 269 g/mol. The summed E-state index contributed by atoms with van der Waals surface area (Å²) < 4.78 is 2.21. The molecule has 0 radical (unpaired) electrons. The third-order valence-electron chi connectivity index (χ3n) is 2.35. The van der Waals surface area contributed by atoms with E-state index < -0.39 is 0 Å². The predicted octanol–water partition coefficient (Wildman–Crippen LogP) is 3.09. The molecule has 0 aliphatic heterocycles. The minimum Gasteiger partial charge on any atom is -0.319 e. The summed E-state index contributed by atoms with van der Waals surface area (Å²) in [6, 6.07) is 3.71. The molecule has 4 nitrogen and oxygen atoms in total. The first-order chi connectivity index (χ1) is 8.20. The van der Waals surface area contributed by atoms with E-state index in [1.807, 2.05) is 19.1 Å². The van der Waals surface area contributed by atoms with Gasteiger partial charge in [-0.25, -0.2) is 9.78 Å².